The quantitative estimate of drug-likeness (QED) is 0.833. The lowest BCUT2D eigenvalue weighted by Gasteiger charge is -2.32. The van der Waals surface area contributed by atoms with E-state index in [1.807, 2.05) is 6.92 Å². The summed E-state index contributed by atoms with van der Waals surface area (Å²) in [5.74, 6) is -0.566. The summed E-state index contributed by atoms with van der Waals surface area (Å²) in [6, 6.07) is 4.13. The fourth-order valence-electron chi connectivity index (χ4n) is 1.95. The fourth-order valence-corrected chi connectivity index (χ4v) is 2.20. The lowest BCUT2D eigenvalue weighted by Crippen LogP contribution is -2.51. The molecule has 1 aromatic carbocycles. The van der Waals surface area contributed by atoms with E-state index in [0.717, 1.165) is 6.54 Å². The van der Waals surface area contributed by atoms with Crippen molar-refractivity contribution < 1.29 is 9.18 Å². The predicted octanol–water partition coefficient (Wildman–Crippen LogP) is 1.91. The van der Waals surface area contributed by atoms with Gasteiger partial charge in [0.2, 0.25) is 0 Å². The molecular formula is C12H14ClFN2O. The van der Waals surface area contributed by atoms with Gasteiger partial charge in [0, 0.05) is 25.7 Å². The summed E-state index contributed by atoms with van der Waals surface area (Å²) >= 11 is 5.88. The molecule has 0 saturated carbocycles. The zero-order chi connectivity index (χ0) is 12.4. The SMILES string of the molecule is C[C@@H]1CN(C(=O)c2ccc(F)cc2Cl)CCN1. The number of piperazine rings is 1. The number of nitrogens with one attached hydrogen (secondary N) is 1. The van der Waals surface area contributed by atoms with Crippen molar-refractivity contribution in [3.63, 3.8) is 0 Å². The van der Waals surface area contributed by atoms with E-state index in [0.29, 0.717) is 18.7 Å². The van der Waals surface area contributed by atoms with Gasteiger partial charge in [-0.3, -0.25) is 4.79 Å². The topological polar surface area (TPSA) is 32.3 Å². The largest absolute Gasteiger partial charge is 0.336 e. The van der Waals surface area contributed by atoms with Crippen LogP contribution in [0.2, 0.25) is 5.02 Å². The molecule has 1 fully saturated rings. The zero-order valence-corrected chi connectivity index (χ0v) is 10.3. The number of rotatable bonds is 1. The standard InChI is InChI=1S/C12H14ClFN2O/c1-8-7-16(5-4-15-8)12(17)10-3-2-9(14)6-11(10)13/h2-3,6,8,15H,4-5,7H2,1H3/t8-/m1/s1. The maximum atomic E-state index is 12.9. The van der Waals surface area contributed by atoms with E-state index in [9.17, 15) is 9.18 Å². The molecule has 2 rings (SSSR count). The molecule has 1 amide bonds. The summed E-state index contributed by atoms with van der Waals surface area (Å²) in [5.41, 5.74) is 0.363. The molecule has 1 aliphatic rings. The van der Waals surface area contributed by atoms with Crippen LogP contribution < -0.4 is 5.32 Å². The number of benzene rings is 1. The van der Waals surface area contributed by atoms with Gasteiger partial charge in [-0.25, -0.2) is 4.39 Å². The van der Waals surface area contributed by atoms with Crippen molar-refractivity contribution in [3.05, 3.63) is 34.6 Å². The van der Waals surface area contributed by atoms with Gasteiger partial charge in [-0.05, 0) is 25.1 Å². The minimum absolute atomic E-state index is 0.136. The lowest BCUT2D eigenvalue weighted by molar-refractivity contribution is 0.0709. The molecule has 92 valence electrons. The molecule has 3 nitrogen and oxygen atoms in total. The Balaban J connectivity index is 2.18. The Morgan fingerprint density at radius 2 is 2.35 bits per heavy atom. The first-order valence-corrected chi connectivity index (χ1v) is 5.93. The van der Waals surface area contributed by atoms with Crippen LogP contribution in [0.3, 0.4) is 0 Å². The monoisotopic (exact) mass is 256 g/mol. The molecule has 5 heteroatoms. The van der Waals surface area contributed by atoms with Crippen LogP contribution in [0, 0.1) is 5.82 Å². The average molecular weight is 257 g/mol. The summed E-state index contributed by atoms with van der Waals surface area (Å²) in [4.78, 5) is 13.9. The number of carbonyl (C=O) groups is 1. The van der Waals surface area contributed by atoms with Crippen LogP contribution in [0.4, 0.5) is 4.39 Å². The molecular weight excluding hydrogens is 243 g/mol. The second-order valence-corrected chi connectivity index (χ2v) is 4.64. The number of hydrogen-bond acceptors (Lipinski definition) is 2. The predicted molar refractivity (Wildman–Crippen MR) is 64.8 cm³/mol. The molecule has 17 heavy (non-hydrogen) atoms. The zero-order valence-electron chi connectivity index (χ0n) is 9.54. The number of amides is 1. The van der Waals surface area contributed by atoms with Crippen LogP contribution in [-0.2, 0) is 0 Å². The maximum absolute atomic E-state index is 12.9. The molecule has 1 aromatic rings. The van der Waals surface area contributed by atoms with Crippen molar-refractivity contribution >= 4 is 17.5 Å². The van der Waals surface area contributed by atoms with Gasteiger partial charge in [0.1, 0.15) is 5.82 Å². The first kappa shape index (κ1) is 12.3. The first-order valence-electron chi connectivity index (χ1n) is 5.55. The lowest BCUT2D eigenvalue weighted by atomic mass is 10.1. The summed E-state index contributed by atoms with van der Waals surface area (Å²) in [6.07, 6.45) is 0. The van der Waals surface area contributed by atoms with E-state index < -0.39 is 5.82 Å². The molecule has 1 aliphatic heterocycles. The highest BCUT2D eigenvalue weighted by molar-refractivity contribution is 6.33. The van der Waals surface area contributed by atoms with Crippen LogP contribution in [0.15, 0.2) is 18.2 Å². The van der Waals surface area contributed by atoms with Crippen molar-refractivity contribution in [2.24, 2.45) is 0 Å². The van der Waals surface area contributed by atoms with E-state index in [4.69, 9.17) is 11.6 Å². The van der Waals surface area contributed by atoms with E-state index in [2.05, 4.69) is 5.32 Å². The third-order valence-electron chi connectivity index (χ3n) is 2.82. The number of carbonyl (C=O) groups excluding carboxylic acids is 1. The highest BCUT2D eigenvalue weighted by Crippen LogP contribution is 2.19. The second-order valence-electron chi connectivity index (χ2n) is 4.23. The number of halogens is 2. The van der Waals surface area contributed by atoms with Gasteiger partial charge in [-0.15, -0.1) is 0 Å². The molecule has 1 atom stereocenters. The van der Waals surface area contributed by atoms with E-state index in [1.54, 1.807) is 4.90 Å². The molecule has 0 spiro atoms. The van der Waals surface area contributed by atoms with Gasteiger partial charge in [0.05, 0.1) is 10.6 Å². The van der Waals surface area contributed by atoms with Crippen LogP contribution >= 0.6 is 11.6 Å². The molecule has 0 aliphatic carbocycles. The smallest absolute Gasteiger partial charge is 0.255 e. The molecule has 0 unspecified atom stereocenters. The van der Waals surface area contributed by atoms with Gasteiger partial charge in [-0.1, -0.05) is 11.6 Å². The van der Waals surface area contributed by atoms with Crippen molar-refractivity contribution in [2.75, 3.05) is 19.6 Å². The third kappa shape index (κ3) is 2.76. The van der Waals surface area contributed by atoms with Crippen LogP contribution in [0.25, 0.3) is 0 Å². The first-order chi connectivity index (χ1) is 8.08. The van der Waals surface area contributed by atoms with E-state index >= 15 is 0 Å². The number of nitrogens with zero attached hydrogens (tertiary/aromatic N) is 1. The molecule has 0 radical (unpaired) electrons. The Kier molecular flexibility index (Phi) is 3.64. The molecule has 1 N–H and O–H groups in total. The third-order valence-corrected chi connectivity index (χ3v) is 3.13. The summed E-state index contributed by atoms with van der Waals surface area (Å²) in [6.45, 7) is 4.08. The minimum atomic E-state index is -0.430. The highest BCUT2D eigenvalue weighted by Gasteiger charge is 2.23. The number of hydrogen-bond donors (Lipinski definition) is 1. The van der Waals surface area contributed by atoms with Gasteiger partial charge in [-0.2, -0.15) is 0 Å². The van der Waals surface area contributed by atoms with Gasteiger partial charge in [0.15, 0.2) is 0 Å². The van der Waals surface area contributed by atoms with Gasteiger partial charge < -0.3 is 10.2 Å². The summed E-state index contributed by atoms with van der Waals surface area (Å²) in [7, 11) is 0. The molecule has 1 heterocycles. The van der Waals surface area contributed by atoms with E-state index in [-0.39, 0.29) is 17.0 Å². The van der Waals surface area contributed by atoms with Crippen molar-refractivity contribution in [1.82, 2.24) is 10.2 Å². The minimum Gasteiger partial charge on any atom is -0.336 e. The highest BCUT2D eigenvalue weighted by atomic mass is 35.5. The van der Waals surface area contributed by atoms with Crippen LogP contribution in [-0.4, -0.2) is 36.5 Å². The van der Waals surface area contributed by atoms with Crippen LogP contribution in [0.1, 0.15) is 17.3 Å². The Morgan fingerprint density at radius 3 is 3.00 bits per heavy atom. The van der Waals surface area contributed by atoms with Gasteiger partial charge >= 0.3 is 0 Å². The second kappa shape index (κ2) is 5.02. The Hall–Kier alpha value is -1.13. The Labute approximate surface area is 105 Å². The van der Waals surface area contributed by atoms with Gasteiger partial charge in [0.25, 0.3) is 5.91 Å². The maximum Gasteiger partial charge on any atom is 0.255 e. The molecule has 0 aromatic heterocycles. The summed E-state index contributed by atoms with van der Waals surface area (Å²) in [5, 5.41) is 3.42. The molecule has 1 saturated heterocycles. The normalized spacial score (nSPS) is 20.4. The van der Waals surface area contributed by atoms with Crippen molar-refractivity contribution in [3.8, 4) is 0 Å². The Bertz CT molecular complexity index is 439. The van der Waals surface area contributed by atoms with E-state index in [1.165, 1.54) is 18.2 Å². The molecule has 0 bridgehead atoms. The Morgan fingerprint density at radius 1 is 1.59 bits per heavy atom. The van der Waals surface area contributed by atoms with Crippen molar-refractivity contribution in [2.45, 2.75) is 13.0 Å². The van der Waals surface area contributed by atoms with Crippen LogP contribution in [0.5, 0.6) is 0 Å². The fraction of sp³-hybridized carbons (Fsp3) is 0.417. The van der Waals surface area contributed by atoms with Crippen molar-refractivity contribution in [1.29, 1.82) is 0 Å². The average Bonchev–Trinajstić information content (AvgIpc) is 2.28. The summed E-state index contributed by atoms with van der Waals surface area (Å²) < 4.78 is 12.9.